The lowest BCUT2D eigenvalue weighted by molar-refractivity contribution is 0.226. The van der Waals surface area contributed by atoms with Gasteiger partial charge in [0, 0.05) is 20.5 Å². The largest absolute Gasteiger partial charge is 0.455 e. The van der Waals surface area contributed by atoms with Gasteiger partial charge < -0.3 is 9.16 Å². The van der Waals surface area contributed by atoms with Gasteiger partial charge in [0.1, 0.15) is 22.2 Å². The maximum Gasteiger partial charge on any atom is 0.183 e. The number of fused-ring (bicyclic) bond motifs is 2. The molecular formula is C16H16BrClN4O2Si. The number of hydrogen-bond acceptors (Lipinski definition) is 4. The smallest absolute Gasteiger partial charge is 0.183 e. The van der Waals surface area contributed by atoms with Gasteiger partial charge in [-0.25, -0.2) is 4.98 Å². The molecule has 0 bridgehead atoms. The second-order valence-electron chi connectivity index (χ2n) is 6.70. The number of nitrogens with zero attached hydrogens (tertiary/aromatic N) is 4. The minimum absolute atomic E-state index is 0.201. The van der Waals surface area contributed by atoms with Crippen molar-refractivity contribution in [3.8, 4) is 11.5 Å². The van der Waals surface area contributed by atoms with Crippen molar-refractivity contribution in [1.82, 2.24) is 4.98 Å². The molecule has 1 atom stereocenters. The zero-order valence-corrected chi connectivity index (χ0v) is 17.3. The summed E-state index contributed by atoms with van der Waals surface area (Å²) < 4.78 is 13.0. The van der Waals surface area contributed by atoms with E-state index in [9.17, 15) is 5.53 Å². The summed E-state index contributed by atoms with van der Waals surface area (Å²) in [6.07, 6.45) is 1.54. The van der Waals surface area contributed by atoms with Crippen LogP contribution in [0.1, 0.15) is 11.1 Å². The summed E-state index contributed by atoms with van der Waals surface area (Å²) in [4.78, 5) is 7.20. The number of pyridine rings is 1. The number of ether oxygens (including phenoxy) is 1. The van der Waals surface area contributed by atoms with Gasteiger partial charge in [0.15, 0.2) is 8.32 Å². The number of aromatic nitrogens is 1. The third kappa shape index (κ3) is 3.54. The molecule has 0 spiro atoms. The highest BCUT2D eigenvalue weighted by molar-refractivity contribution is 9.10. The lowest BCUT2D eigenvalue weighted by atomic mass is 9.82. The summed E-state index contributed by atoms with van der Waals surface area (Å²) >= 11 is 9.59. The maximum atomic E-state index is 9.32. The molecule has 1 aliphatic rings. The third-order valence-corrected chi connectivity index (χ3v) is 5.53. The molecule has 3 rings (SSSR count). The van der Waals surface area contributed by atoms with E-state index >= 15 is 0 Å². The van der Waals surface area contributed by atoms with E-state index in [1.807, 2.05) is 18.2 Å². The number of halogens is 2. The summed E-state index contributed by atoms with van der Waals surface area (Å²) in [5.74, 6) is 1.11. The van der Waals surface area contributed by atoms with Crippen molar-refractivity contribution in [2.24, 2.45) is 5.11 Å². The predicted molar refractivity (Wildman–Crippen MR) is 103 cm³/mol. The fourth-order valence-corrected chi connectivity index (χ4v) is 3.85. The molecule has 1 aliphatic heterocycles. The molecule has 2 aromatic rings. The van der Waals surface area contributed by atoms with Crippen molar-refractivity contribution in [1.29, 1.82) is 0 Å². The average molecular weight is 440 g/mol. The Bertz CT molecular complexity index is 829. The Morgan fingerprint density at radius 1 is 1.32 bits per heavy atom. The van der Waals surface area contributed by atoms with Gasteiger partial charge in [-0.05, 0) is 49.4 Å². The van der Waals surface area contributed by atoms with Gasteiger partial charge in [-0.15, -0.1) is 0 Å². The quantitative estimate of drug-likeness (QED) is 0.192. The van der Waals surface area contributed by atoms with E-state index in [1.165, 1.54) is 0 Å². The van der Waals surface area contributed by atoms with Crippen LogP contribution in [-0.4, -0.2) is 19.9 Å². The molecule has 25 heavy (non-hydrogen) atoms. The van der Waals surface area contributed by atoms with Crippen LogP contribution >= 0.6 is 27.5 Å². The van der Waals surface area contributed by atoms with Crippen molar-refractivity contribution < 1.29 is 9.16 Å². The van der Waals surface area contributed by atoms with Crippen molar-refractivity contribution in [2.75, 3.05) is 6.61 Å². The first-order valence-corrected chi connectivity index (χ1v) is 12.2. The normalized spacial score (nSPS) is 18.6. The third-order valence-electron chi connectivity index (χ3n) is 3.82. The highest BCUT2D eigenvalue weighted by atomic mass is 79.9. The SMILES string of the molecule is C[Si](C)(C)OCC1(N=[N+]=[N-])c2cc(Br)ccc2Oc2cnc(Cl)cc21. The van der Waals surface area contributed by atoms with E-state index in [0.29, 0.717) is 22.2 Å². The highest BCUT2D eigenvalue weighted by Crippen LogP contribution is 2.50. The highest BCUT2D eigenvalue weighted by Gasteiger charge is 2.43. The van der Waals surface area contributed by atoms with Crippen molar-refractivity contribution in [2.45, 2.75) is 25.2 Å². The van der Waals surface area contributed by atoms with Crippen LogP contribution in [0, 0.1) is 0 Å². The van der Waals surface area contributed by atoms with E-state index in [4.69, 9.17) is 20.8 Å². The van der Waals surface area contributed by atoms with Gasteiger partial charge in [0.2, 0.25) is 0 Å². The average Bonchev–Trinajstić information content (AvgIpc) is 2.54. The van der Waals surface area contributed by atoms with Crippen LogP contribution < -0.4 is 4.74 Å². The molecule has 0 fully saturated rings. The Kier molecular flexibility index (Phi) is 4.83. The van der Waals surface area contributed by atoms with Crippen LogP contribution in [-0.2, 0) is 9.96 Å². The first kappa shape index (κ1) is 18.2. The van der Waals surface area contributed by atoms with Crippen molar-refractivity contribution in [3.63, 3.8) is 0 Å². The van der Waals surface area contributed by atoms with E-state index in [-0.39, 0.29) is 6.61 Å². The van der Waals surface area contributed by atoms with Crippen LogP contribution in [0.25, 0.3) is 10.4 Å². The Labute approximate surface area is 160 Å². The molecule has 2 heterocycles. The molecule has 9 heteroatoms. The Morgan fingerprint density at radius 3 is 2.72 bits per heavy atom. The maximum absolute atomic E-state index is 9.32. The van der Waals surface area contributed by atoms with Gasteiger partial charge in [-0.1, -0.05) is 32.6 Å². The molecule has 1 aromatic heterocycles. The van der Waals surface area contributed by atoms with Crippen LogP contribution in [0.2, 0.25) is 24.8 Å². The second-order valence-corrected chi connectivity index (χ2v) is 12.5. The first-order valence-electron chi connectivity index (χ1n) is 7.59. The molecule has 0 saturated heterocycles. The molecule has 1 aromatic carbocycles. The minimum atomic E-state index is -1.87. The van der Waals surface area contributed by atoms with Crippen LogP contribution in [0.4, 0.5) is 0 Å². The van der Waals surface area contributed by atoms with Gasteiger partial charge in [-0.2, -0.15) is 0 Å². The monoisotopic (exact) mass is 438 g/mol. The fourth-order valence-electron chi connectivity index (χ4n) is 2.69. The van der Waals surface area contributed by atoms with Gasteiger partial charge in [0.25, 0.3) is 0 Å². The Balaban J connectivity index is 2.28. The molecule has 1 unspecified atom stereocenters. The molecule has 0 saturated carbocycles. The van der Waals surface area contributed by atoms with E-state index in [0.717, 1.165) is 10.0 Å². The van der Waals surface area contributed by atoms with Crippen molar-refractivity contribution in [3.05, 3.63) is 61.7 Å². The zero-order valence-electron chi connectivity index (χ0n) is 14.0. The summed E-state index contributed by atoms with van der Waals surface area (Å²) in [5, 5.41) is 4.47. The molecule has 0 N–H and O–H groups in total. The summed E-state index contributed by atoms with van der Waals surface area (Å²) in [7, 11) is -1.87. The molecule has 0 aliphatic carbocycles. The lowest BCUT2D eigenvalue weighted by Gasteiger charge is -2.38. The topological polar surface area (TPSA) is 80.1 Å². The standard InChI is InChI=1S/C16H16BrClN4O2Si/c1-25(2,3)23-9-16(21-22-19)11-6-10(17)4-5-13(11)24-14-8-20-15(18)7-12(14)16/h4-8H,9H2,1-3H3. The van der Waals surface area contributed by atoms with Crippen LogP contribution in [0.5, 0.6) is 11.5 Å². The fraction of sp³-hybridized carbons (Fsp3) is 0.312. The summed E-state index contributed by atoms with van der Waals surface area (Å²) in [5.41, 5.74) is 9.62. The lowest BCUT2D eigenvalue weighted by Crippen LogP contribution is -2.39. The van der Waals surface area contributed by atoms with Crippen LogP contribution in [0.15, 0.2) is 40.0 Å². The van der Waals surface area contributed by atoms with Gasteiger partial charge in [0.05, 0.1) is 12.8 Å². The van der Waals surface area contributed by atoms with Crippen molar-refractivity contribution >= 4 is 35.8 Å². The number of hydrogen-bond donors (Lipinski definition) is 0. The Hall–Kier alpha value is -1.57. The molecule has 0 amide bonds. The number of azide groups is 1. The summed E-state index contributed by atoms with van der Waals surface area (Å²) in [6, 6.07) is 7.25. The van der Waals surface area contributed by atoms with E-state index in [2.05, 4.69) is 50.6 Å². The van der Waals surface area contributed by atoms with Gasteiger partial charge in [-0.3, -0.25) is 0 Å². The predicted octanol–water partition coefficient (Wildman–Crippen LogP) is 6.01. The number of rotatable bonds is 4. The van der Waals surface area contributed by atoms with E-state index < -0.39 is 13.9 Å². The van der Waals surface area contributed by atoms with E-state index in [1.54, 1.807) is 12.3 Å². The molecular weight excluding hydrogens is 424 g/mol. The second kappa shape index (κ2) is 6.62. The zero-order chi connectivity index (χ0) is 18.2. The summed E-state index contributed by atoms with van der Waals surface area (Å²) in [6.45, 7) is 6.45. The molecule has 6 nitrogen and oxygen atoms in total. The van der Waals surface area contributed by atoms with Crippen LogP contribution in [0.3, 0.4) is 0 Å². The Morgan fingerprint density at radius 2 is 2.04 bits per heavy atom. The first-order chi connectivity index (χ1) is 11.7. The molecule has 130 valence electrons. The minimum Gasteiger partial charge on any atom is -0.455 e. The number of benzene rings is 1. The van der Waals surface area contributed by atoms with Gasteiger partial charge >= 0.3 is 0 Å². The molecule has 0 radical (unpaired) electrons.